The molecule has 0 saturated carbocycles. The highest BCUT2D eigenvalue weighted by molar-refractivity contribution is 7.89. The molecule has 1 aromatic heterocycles. The Hall–Kier alpha value is -2.23. The van der Waals surface area contributed by atoms with Crippen LogP contribution in [0, 0.1) is 0 Å². The molecule has 0 unspecified atom stereocenters. The van der Waals surface area contributed by atoms with Gasteiger partial charge in [-0.2, -0.15) is 0 Å². The van der Waals surface area contributed by atoms with Crippen LogP contribution in [0.5, 0.6) is 0 Å². The van der Waals surface area contributed by atoms with Crippen LogP contribution in [0.1, 0.15) is 22.6 Å². The molecule has 1 amide bonds. The van der Waals surface area contributed by atoms with Gasteiger partial charge in [-0.05, 0) is 37.2 Å². The number of carbonyl (C=O) groups excluding carboxylic acids is 1. The summed E-state index contributed by atoms with van der Waals surface area (Å²) < 4.78 is 26.9. The van der Waals surface area contributed by atoms with Gasteiger partial charge in [0.25, 0.3) is 5.91 Å². The molecule has 8 nitrogen and oxygen atoms in total. The number of hydrogen-bond donors (Lipinski definition) is 4. The van der Waals surface area contributed by atoms with Crippen LogP contribution in [0.25, 0.3) is 0 Å². The monoisotopic (exact) mass is 349 g/mol. The molecule has 1 saturated heterocycles. The molecular formula is C15H19N5O3S. The third kappa shape index (κ3) is 3.99. The van der Waals surface area contributed by atoms with Crippen molar-refractivity contribution in [2.45, 2.75) is 23.9 Å². The molecule has 0 bridgehead atoms. The van der Waals surface area contributed by atoms with Crippen LogP contribution < -0.4 is 15.4 Å². The number of hydrogen-bond acceptors (Lipinski definition) is 5. The van der Waals surface area contributed by atoms with E-state index in [9.17, 15) is 13.2 Å². The van der Waals surface area contributed by atoms with E-state index in [1.807, 2.05) is 0 Å². The molecular weight excluding hydrogens is 330 g/mol. The van der Waals surface area contributed by atoms with Crippen molar-refractivity contribution in [1.82, 2.24) is 25.3 Å². The summed E-state index contributed by atoms with van der Waals surface area (Å²) in [5, 5.41) is 6.09. The second-order valence-corrected chi connectivity index (χ2v) is 7.31. The molecule has 1 atom stereocenters. The van der Waals surface area contributed by atoms with Gasteiger partial charge in [0, 0.05) is 30.5 Å². The van der Waals surface area contributed by atoms with Crippen molar-refractivity contribution in [2.24, 2.45) is 0 Å². The molecule has 2 heterocycles. The topological polar surface area (TPSA) is 116 Å². The van der Waals surface area contributed by atoms with E-state index in [-0.39, 0.29) is 23.4 Å². The number of imidazole rings is 1. The maximum absolute atomic E-state index is 12.2. The first-order valence-corrected chi connectivity index (χ1v) is 9.12. The van der Waals surface area contributed by atoms with E-state index in [0.29, 0.717) is 11.4 Å². The van der Waals surface area contributed by atoms with Gasteiger partial charge in [0.05, 0.1) is 11.4 Å². The zero-order valence-electron chi connectivity index (χ0n) is 13.0. The number of sulfonamides is 1. The molecule has 9 heteroatoms. The lowest BCUT2D eigenvalue weighted by atomic mass is 10.2. The first-order chi connectivity index (χ1) is 11.5. The summed E-state index contributed by atoms with van der Waals surface area (Å²) in [6.45, 7) is 1.73. The smallest absolute Gasteiger partial charge is 0.251 e. The summed E-state index contributed by atoms with van der Waals surface area (Å²) in [5.41, 5.74) is 0.437. The molecule has 1 aromatic carbocycles. The number of H-pyrrole nitrogens is 1. The van der Waals surface area contributed by atoms with Crippen LogP contribution in [0.3, 0.4) is 0 Å². The fraction of sp³-hybridized carbons (Fsp3) is 0.333. The first-order valence-electron chi connectivity index (χ1n) is 7.64. The van der Waals surface area contributed by atoms with Gasteiger partial charge >= 0.3 is 0 Å². The SMILES string of the molecule is O=C(N[C@H]1CCNC1)c1ccc(S(=O)(=O)NCc2ncc[nH]2)cc1. The van der Waals surface area contributed by atoms with E-state index >= 15 is 0 Å². The normalized spacial score (nSPS) is 17.8. The number of rotatable bonds is 6. The Kier molecular flexibility index (Phi) is 4.93. The van der Waals surface area contributed by atoms with Crippen molar-refractivity contribution in [2.75, 3.05) is 13.1 Å². The molecule has 0 aliphatic carbocycles. The minimum absolute atomic E-state index is 0.0756. The lowest BCUT2D eigenvalue weighted by Crippen LogP contribution is -2.36. The second kappa shape index (κ2) is 7.12. The average molecular weight is 349 g/mol. The van der Waals surface area contributed by atoms with Gasteiger partial charge in [-0.15, -0.1) is 0 Å². The highest BCUT2D eigenvalue weighted by Gasteiger charge is 2.19. The van der Waals surface area contributed by atoms with Gasteiger partial charge in [-0.1, -0.05) is 0 Å². The van der Waals surface area contributed by atoms with Crippen LogP contribution in [0.15, 0.2) is 41.6 Å². The van der Waals surface area contributed by atoms with Gasteiger partial charge in [0.15, 0.2) is 0 Å². The fourth-order valence-electron chi connectivity index (χ4n) is 2.47. The molecule has 1 fully saturated rings. The van der Waals surface area contributed by atoms with Gasteiger partial charge in [0.2, 0.25) is 10.0 Å². The van der Waals surface area contributed by atoms with E-state index in [1.54, 1.807) is 12.4 Å². The average Bonchev–Trinajstić information content (AvgIpc) is 3.27. The predicted octanol–water partition coefficient (Wildman–Crippen LogP) is -0.0201. The fourth-order valence-corrected chi connectivity index (χ4v) is 3.46. The Morgan fingerprint density at radius 1 is 1.29 bits per heavy atom. The Labute approximate surface area is 140 Å². The third-order valence-corrected chi connectivity index (χ3v) is 5.22. The highest BCUT2D eigenvalue weighted by atomic mass is 32.2. The van der Waals surface area contributed by atoms with E-state index in [2.05, 4.69) is 25.3 Å². The highest BCUT2D eigenvalue weighted by Crippen LogP contribution is 2.11. The van der Waals surface area contributed by atoms with Crippen LogP contribution in [0.4, 0.5) is 0 Å². The Balaban J connectivity index is 1.63. The molecule has 4 N–H and O–H groups in total. The molecule has 128 valence electrons. The number of aromatic amines is 1. The summed E-state index contributed by atoms with van der Waals surface area (Å²) in [4.78, 5) is 19.0. The van der Waals surface area contributed by atoms with Crippen molar-refractivity contribution >= 4 is 15.9 Å². The van der Waals surface area contributed by atoms with Crippen LogP contribution in [-0.2, 0) is 16.6 Å². The minimum atomic E-state index is -3.65. The summed E-state index contributed by atoms with van der Waals surface area (Å²) in [6.07, 6.45) is 4.07. The Morgan fingerprint density at radius 2 is 2.08 bits per heavy atom. The van der Waals surface area contributed by atoms with Crippen LogP contribution in [0.2, 0.25) is 0 Å². The predicted molar refractivity (Wildman–Crippen MR) is 87.8 cm³/mol. The summed E-state index contributed by atoms with van der Waals surface area (Å²) in [7, 11) is -3.65. The lowest BCUT2D eigenvalue weighted by Gasteiger charge is -2.11. The number of aromatic nitrogens is 2. The standard InChI is InChI=1S/C15H19N5O3S/c21-15(20-12-5-6-16-9-12)11-1-3-13(4-2-11)24(22,23)19-10-14-17-7-8-18-14/h1-4,7-8,12,16,19H,5-6,9-10H2,(H,17,18)(H,20,21)/t12-/m0/s1. The number of benzene rings is 1. The van der Waals surface area contributed by atoms with Gasteiger partial charge in [-0.25, -0.2) is 18.1 Å². The van der Waals surface area contributed by atoms with Crippen molar-refractivity contribution in [3.8, 4) is 0 Å². The third-order valence-electron chi connectivity index (χ3n) is 3.81. The number of carbonyl (C=O) groups is 1. The van der Waals surface area contributed by atoms with Gasteiger partial charge < -0.3 is 15.6 Å². The zero-order valence-corrected chi connectivity index (χ0v) is 13.8. The molecule has 3 rings (SSSR count). The van der Waals surface area contributed by atoms with Gasteiger partial charge in [0.1, 0.15) is 5.82 Å². The van der Waals surface area contributed by atoms with E-state index in [0.717, 1.165) is 19.5 Å². The maximum Gasteiger partial charge on any atom is 0.251 e. The molecule has 1 aliphatic heterocycles. The lowest BCUT2D eigenvalue weighted by molar-refractivity contribution is 0.0940. The minimum Gasteiger partial charge on any atom is -0.348 e. The molecule has 2 aromatic rings. The summed E-state index contributed by atoms with van der Waals surface area (Å²) in [5.74, 6) is 0.330. The van der Waals surface area contributed by atoms with Crippen LogP contribution >= 0.6 is 0 Å². The molecule has 0 spiro atoms. The van der Waals surface area contributed by atoms with Crippen molar-refractivity contribution in [1.29, 1.82) is 0 Å². The maximum atomic E-state index is 12.2. The number of amides is 1. The Morgan fingerprint density at radius 3 is 2.71 bits per heavy atom. The largest absolute Gasteiger partial charge is 0.348 e. The quantitative estimate of drug-likeness (QED) is 0.585. The van der Waals surface area contributed by atoms with Crippen molar-refractivity contribution < 1.29 is 13.2 Å². The van der Waals surface area contributed by atoms with Crippen molar-refractivity contribution in [3.05, 3.63) is 48.0 Å². The second-order valence-electron chi connectivity index (χ2n) is 5.55. The number of nitrogens with zero attached hydrogens (tertiary/aromatic N) is 1. The van der Waals surface area contributed by atoms with E-state index in [1.165, 1.54) is 24.3 Å². The Bertz CT molecular complexity index is 781. The summed E-state index contributed by atoms with van der Waals surface area (Å²) >= 11 is 0. The van der Waals surface area contributed by atoms with E-state index < -0.39 is 10.0 Å². The molecule has 24 heavy (non-hydrogen) atoms. The first kappa shape index (κ1) is 16.6. The number of nitrogens with one attached hydrogen (secondary N) is 4. The van der Waals surface area contributed by atoms with Crippen LogP contribution in [-0.4, -0.2) is 43.4 Å². The zero-order chi connectivity index (χ0) is 17.0. The van der Waals surface area contributed by atoms with Gasteiger partial charge in [-0.3, -0.25) is 4.79 Å². The molecule has 0 radical (unpaired) electrons. The van der Waals surface area contributed by atoms with Crippen molar-refractivity contribution in [3.63, 3.8) is 0 Å². The van der Waals surface area contributed by atoms with E-state index in [4.69, 9.17) is 0 Å². The molecule has 1 aliphatic rings. The summed E-state index contributed by atoms with van der Waals surface area (Å²) in [6, 6.07) is 5.99.